The molecule has 0 radical (unpaired) electrons. The van der Waals surface area contributed by atoms with E-state index < -0.39 is 18.1 Å². The lowest BCUT2D eigenvalue weighted by Gasteiger charge is -2.44. The lowest BCUT2D eigenvalue weighted by atomic mass is 10.0. The third kappa shape index (κ3) is 6.24. The molecule has 4 heterocycles. The number of aromatic nitrogens is 2. The number of likely N-dealkylation sites (N-methyl/N-ethyl adjacent to an activating group) is 1. The number of hydrogen-bond acceptors (Lipinski definition) is 8. The molecule has 1 aromatic carbocycles. The topological polar surface area (TPSA) is 85.9 Å². The highest BCUT2D eigenvalue weighted by molar-refractivity contribution is 6.09. The van der Waals surface area contributed by atoms with E-state index in [0.29, 0.717) is 49.1 Å². The van der Waals surface area contributed by atoms with Gasteiger partial charge in [0.1, 0.15) is 5.82 Å². The van der Waals surface area contributed by atoms with Gasteiger partial charge in [0, 0.05) is 80.1 Å². The fourth-order valence-corrected chi connectivity index (χ4v) is 5.83. The van der Waals surface area contributed by atoms with Crippen molar-refractivity contribution in [2.75, 3.05) is 54.9 Å². The van der Waals surface area contributed by atoms with Gasteiger partial charge >= 0.3 is 0 Å². The minimum absolute atomic E-state index is 0.0307. The predicted molar refractivity (Wildman–Crippen MR) is 157 cm³/mol. The molecule has 226 valence electrons. The highest BCUT2D eigenvalue weighted by Gasteiger charge is 2.31. The van der Waals surface area contributed by atoms with Gasteiger partial charge in [0.15, 0.2) is 0 Å². The Hall–Kier alpha value is -3.64. The molecule has 0 saturated carbocycles. The molecule has 3 aliphatic heterocycles. The molecule has 0 unspecified atom stereocenters. The molecule has 3 aliphatic rings. The van der Waals surface area contributed by atoms with Crippen LogP contribution in [0.5, 0.6) is 0 Å². The molecule has 12 heteroatoms. The minimum Gasteiger partial charge on any atom is -0.387 e. The van der Waals surface area contributed by atoms with Gasteiger partial charge in [-0.2, -0.15) is 0 Å². The van der Waals surface area contributed by atoms with Gasteiger partial charge in [0.25, 0.3) is 12.3 Å². The molecular formula is C30H38F3N7O2. The summed E-state index contributed by atoms with van der Waals surface area (Å²) in [6.45, 7) is 10.8. The summed E-state index contributed by atoms with van der Waals surface area (Å²) < 4.78 is 49.0. The summed E-state index contributed by atoms with van der Waals surface area (Å²) in [4.78, 5) is 28.7. The van der Waals surface area contributed by atoms with E-state index >= 15 is 4.39 Å². The molecule has 4 atom stereocenters. The number of anilines is 3. The van der Waals surface area contributed by atoms with Crippen LogP contribution in [0.1, 0.15) is 27.7 Å². The number of nitrogens with one attached hydrogen (secondary N) is 2. The lowest BCUT2D eigenvalue weighted by Crippen LogP contribution is -2.55. The van der Waals surface area contributed by atoms with Gasteiger partial charge in [-0.3, -0.25) is 9.69 Å². The number of amides is 1. The quantitative estimate of drug-likeness (QED) is 0.526. The zero-order chi connectivity index (χ0) is 30.1. The molecule has 1 amide bonds. The lowest BCUT2D eigenvalue weighted by molar-refractivity contribution is -0.112. The molecule has 5 rings (SSSR count). The smallest absolute Gasteiger partial charge is 0.264 e. The van der Waals surface area contributed by atoms with Gasteiger partial charge in [-0.1, -0.05) is 6.08 Å². The van der Waals surface area contributed by atoms with Crippen LogP contribution in [0.4, 0.5) is 30.5 Å². The molecule has 9 nitrogen and oxygen atoms in total. The van der Waals surface area contributed by atoms with Crippen LogP contribution in [0.25, 0.3) is 11.1 Å². The Kier molecular flexibility index (Phi) is 8.74. The van der Waals surface area contributed by atoms with E-state index in [1.165, 1.54) is 24.4 Å². The second-order valence-electron chi connectivity index (χ2n) is 11.4. The Morgan fingerprint density at radius 3 is 2.29 bits per heavy atom. The zero-order valence-electron chi connectivity index (χ0n) is 24.6. The van der Waals surface area contributed by atoms with Crippen LogP contribution in [0.15, 0.2) is 47.9 Å². The third-order valence-corrected chi connectivity index (χ3v) is 8.16. The number of benzene rings is 1. The van der Waals surface area contributed by atoms with Crippen molar-refractivity contribution in [1.82, 2.24) is 20.2 Å². The molecule has 1 aromatic heterocycles. The number of halogens is 3. The summed E-state index contributed by atoms with van der Waals surface area (Å²) in [5.41, 5.74) is 0.930. The van der Waals surface area contributed by atoms with Crippen molar-refractivity contribution in [3.63, 3.8) is 0 Å². The number of piperazine rings is 1. The predicted octanol–water partition coefficient (Wildman–Crippen LogP) is 4.04. The number of dihydropyridines is 1. The van der Waals surface area contributed by atoms with E-state index in [1.807, 2.05) is 30.7 Å². The van der Waals surface area contributed by atoms with E-state index in [-0.39, 0.29) is 47.5 Å². The Morgan fingerprint density at radius 2 is 1.67 bits per heavy atom. The maximum atomic E-state index is 15.8. The molecular weight excluding hydrogens is 547 g/mol. The average molecular weight is 586 g/mol. The van der Waals surface area contributed by atoms with Crippen molar-refractivity contribution in [2.45, 2.75) is 58.4 Å². The number of hydrogen-bond donors (Lipinski definition) is 2. The van der Waals surface area contributed by atoms with Crippen molar-refractivity contribution >= 4 is 23.2 Å². The van der Waals surface area contributed by atoms with Gasteiger partial charge < -0.3 is 25.2 Å². The number of morpholine rings is 1. The van der Waals surface area contributed by atoms with E-state index in [0.717, 1.165) is 0 Å². The van der Waals surface area contributed by atoms with Crippen LogP contribution in [0, 0.1) is 5.82 Å². The summed E-state index contributed by atoms with van der Waals surface area (Å²) in [7, 11) is 2.04. The number of ether oxygens (including phenoxy) is 1. The molecule has 2 fully saturated rings. The first kappa shape index (κ1) is 29.8. The maximum Gasteiger partial charge on any atom is 0.264 e. The monoisotopic (exact) mass is 585 g/mol. The second-order valence-corrected chi connectivity index (χ2v) is 11.4. The van der Waals surface area contributed by atoms with Crippen LogP contribution in [0.3, 0.4) is 0 Å². The normalized spacial score (nSPS) is 25.2. The van der Waals surface area contributed by atoms with Crippen molar-refractivity contribution < 1.29 is 22.7 Å². The standard InChI is InChI=1S/C30H38F3N7O2/c1-17-13-39(14-18(2)38(17)5)27-9-25(31)23(8-26(27)37-29(41)24-12-34-7-6-22(24)28(32)33)21-10-35-30(36-11-21)40-15-19(3)42-20(4)16-40/h6,8-12,17-20,28,34H,7,13-16H2,1-5H3,(H,37,41)/t17-,18+,19-,20+. The molecule has 42 heavy (non-hydrogen) atoms. The third-order valence-electron chi connectivity index (χ3n) is 8.16. The minimum atomic E-state index is -2.81. The Labute approximate surface area is 244 Å². The average Bonchev–Trinajstić information content (AvgIpc) is 2.96. The second kappa shape index (κ2) is 12.3. The van der Waals surface area contributed by atoms with Gasteiger partial charge in [-0.15, -0.1) is 0 Å². The van der Waals surface area contributed by atoms with E-state index in [1.54, 1.807) is 12.4 Å². The van der Waals surface area contributed by atoms with E-state index in [9.17, 15) is 13.6 Å². The largest absolute Gasteiger partial charge is 0.387 e. The van der Waals surface area contributed by atoms with Crippen LogP contribution in [-0.2, 0) is 9.53 Å². The molecule has 2 N–H and O–H groups in total. The first-order valence-electron chi connectivity index (χ1n) is 14.3. The van der Waals surface area contributed by atoms with Gasteiger partial charge in [-0.25, -0.2) is 23.1 Å². The van der Waals surface area contributed by atoms with Crippen molar-refractivity contribution in [3.05, 3.63) is 53.8 Å². The number of rotatable bonds is 6. The number of carbonyl (C=O) groups is 1. The molecule has 0 aliphatic carbocycles. The number of alkyl halides is 2. The van der Waals surface area contributed by atoms with Crippen LogP contribution in [0.2, 0.25) is 0 Å². The van der Waals surface area contributed by atoms with Crippen LogP contribution >= 0.6 is 0 Å². The summed E-state index contributed by atoms with van der Waals surface area (Å²) in [5, 5.41) is 5.64. The van der Waals surface area contributed by atoms with Crippen molar-refractivity contribution in [1.29, 1.82) is 0 Å². The fraction of sp³-hybridized carbons (Fsp3) is 0.500. The maximum absolute atomic E-state index is 15.8. The summed E-state index contributed by atoms with van der Waals surface area (Å²) in [6, 6.07) is 3.28. The summed E-state index contributed by atoms with van der Waals surface area (Å²) in [6.07, 6.45) is 2.96. The Balaban J connectivity index is 1.49. The van der Waals surface area contributed by atoms with Crippen LogP contribution < -0.4 is 20.4 Å². The first-order chi connectivity index (χ1) is 20.0. The van der Waals surface area contributed by atoms with Gasteiger partial charge in [0.05, 0.1) is 29.2 Å². The van der Waals surface area contributed by atoms with Gasteiger partial charge in [0.2, 0.25) is 5.95 Å². The highest BCUT2D eigenvalue weighted by Crippen LogP contribution is 2.36. The summed E-state index contributed by atoms with van der Waals surface area (Å²) >= 11 is 0. The summed E-state index contributed by atoms with van der Waals surface area (Å²) in [5.74, 6) is -0.682. The Morgan fingerprint density at radius 1 is 1.02 bits per heavy atom. The molecule has 0 spiro atoms. The molecule has 2 aromatic rings. The van der Waals surface area contributed by atoms with E-state index in [2.05, 4.69) is 39.3 Å². The molecule has 0 bridgehead atoms. The number of carbonyl (C=O) groups excluding carboxylic acids is 1. The van der Waals surface area contributed by atoms with Crippen molar-refractivity contribution in [3.8, 4) is 11.1 Å². The van der Waals surface area contributed by atoms with Crippen molar-refractivity contribution in [2.24, 2.45) is 0 Å². The zero-order valence-corrected chi connectivity index (χ0v) is 24.6. The SMILES string of the molecule is C[C@@H]1CN(c2ncc(-c3cc(NC(=O)C4=CNCC=C4C(F)F)c(N4C[C@@H](C)N(C)[C@@H](C)C4)cc3F)cn2)C[C@H](C)O1. The first-order valence-corrected chi connectivity index (χ1v) is 14.3. The van der Waals surface area contributed by atoms with Gasteiger partial charge in [-0.05, 0) is 46.9 Å². The fourth-order valence-electron chi connectivity index (χ4n) is 5.83. The molecule has 2 saturated heterocycles. The highest BCUT2D eigenvalue weighted by atomic mass is 19.3. The van der Waals surface area contributed by atoms with E-state index in [4.69, 9.17) is 4.74 Å². The number of nitrogens with zero attached hydrogens (tertiary/aromatic N) is 5. The Bertz CT molecular complexity index is 1350. The van der Waals surface area contributed by atoms with Crippen LogP contribution in [-0.4, -0.2) is 91.3 Å².